The second kappa shape index (κ2) is 13.0. The molecule has 50 heavy (non-hydrogen) atoms. The Labute approximate surface area is 297 Å². The highest BCUT2D eigenvalue weighted by Crippen LogP contribution is 2.47. The maximum Gasteiger partial charge on any atom is 0.0540 e. The number of hydrogen-bond donors (Lipinski definition) is 0. The van der Waals surface area contributed by atoms with Crippen LogP contribution < -0.4 is 4.90 Å². The van der Waals surface area contributed by atoms with E-state index in [1.54, 1.807) is 0 Å². The van der Waals surface area contributed by atoms with Gasteiger partial charge in [0.1, 0.15) is 0 Å². The number of para-hydroxylation sites is 1. The van der Waals surface area contributed by atoms with Gasteiger partial charge in [-0.3, -0.25) is 0 Å². The van der Waals surface area contributed by atoms with Gasteiger partial charge >= 0.3 is 0 Å². The summed E-state index contributed by atoms with van der Waals surface area (Å²) in [5.41, 5.74) is 12.9. The first-order chi connectivity index (χ1) is 24.8. The first-order valence-electron chi connectivity index (χ1n) is 17.0. The van der Waals surface area contributed by atoms with E-state index in [0.29, 0.717) is 0 Å². The standard InChI is InChI=1S/C48H33NS/c1-4-15-34(16-5-1)37-27-29-40(30-28-37)49(41-32-38(35-17-6-2-7-18-35)31-39(33-41)36-19-8-3-9-20-36)46-25-12-10-21-42(46)44-23-14-24-45-43-22-11-13-26-47(43)50-48(44)45/h1-33H. The van der Waals surface area contributed by atoms with Crippen molar-refractivity contribution in [2.24, 2.45) is 0 Å². The highest BCUT2D eigenvalue weighted by Gasteiger charge is 2.21. The predicted molar refractivity (Wildman–Crippen MR) is 216 cm³/mol. The molecule has 0 N–H and O–H groups in total. The molecule has 0 unspecified atom stereocenters. The van der Waals surface area contributed by atoms with Crippen LogP contribution in [0.15, 0.2) is 200 Å². The zero-order valence-electron chi connectivity index (χ0n) is 27.4. The largest absolute Gasteiger partial charge is 0.310 e. The fourth-order valence-corrected chi connectivity index (χ4v) is 8.28. The molecule has 0 spiro atoms. The topological polar surface area (TPSA) is 3.24 Å². The van der Waals surface area contributed by atoms with Gasteiger partial charge in [-0.25, -0.2) is 0 Å². The summed E-state index contributed by atoms with van der Waals surface area (Å²) in [6, 6.07) is 72.4. The van der Waals surface area contributed by atoms with Gasteiger partial charge in [0.25, 0.3) is 0 Å². The molecule has 0 saturated heterocycles. The molecule has 2 heteroatoms. The molecular weight excluding hydrogens is 623 g/mol. The molecule has 1 aromatic heterocycles. The van der Waals surface area contributed by atoms with E-state index < -0.39 is 0 Å². The van der Waals surface area contributed by atoms with E-state index in [4.69, 9.17) is 0 Å². The molecular formula is C48H33NS. The Hall–Kier alpha value is -6.22. The molecule has 0 aliphatic heterocycles. The van der Waals surface area contributed by atoms with Crippen molar-refractivity contribution in [2.45, 2.75) is 0 Å². The smallest absolute Gasteiger partial charge is 0.0540 e. The number of rotatable bonds is 7. The van der Waals surface area contributed by atoms with Crippen molar-refractivity contribution in [1.82, 2.24) is 0 Å². The lowest BCUT2D eigenvalue weighted by molar-refractivity contribution is 1.28. The van der Waals surface area contributed by atoms with Gasteiger partial charge in [0.15, 0.2) is 0 Å². The first-order valence-corrected chi connectivity index (χ1v) is 17.8. The van der Waals surface area contributed by atoms with Crippen molar-refractivity contribution in [3.05, 3.63) is 200 Å². The Morgan fingerprint density at radius 2 is 0.820 bits per heavy atom. The molecule has 0 aliphatic carbocycles. The second-order valence-electron chi connectivity index (χ2n) is 12.5. The van der Waals surface area contributed by atoms with Crippen molar-refractivity contribution in [1.29, 1.82) is 0 Å². The summed E-state index contributed by atoms with van der Waals surface area (Å²) < 4.78 is 2.62. The van der Waals surface area contributed by atoms with Gasteiger partial charge in [0.05, 0.1) is 5.69 Å². The number of thiophene rings is 1. The Kier molecular flexibility index (Phi) is 7.77. The molecule has 0 saturated carbocycles. The zero-order chi connectivity index (χ0) is 33.3. The quantitative estimate of drug-likeness (QED) is 0.165. The number of hydrogen-bond acceptors (Lipinski definition) is 2. The Morgan fingerprint density at radius 1 is 0.320 bits per heavy atom. The molecule has 1 nitrogen and oxygen atoms in total. The third-order valence-electron chi connectivity index (χ3n) is 9.46. The lowest BCUT2D eigenvalue weighted by atomic mass is 9.96. The molecule has 9 aromatic rings. The van der Waals surface area contributed by atoms with E-state index >= 15 is 0 Å². The van der Waals surface area contributed by atoms with E-state index in [0.717, 1.165) is 17.1 Å². The van der Waals surface area contributed by atoms with Crippen LogP contribution in [0.3, 0.4) is 0 Å². The number of nitrogens with zero attached hydrogens (tertiary/aromatic N) is 1. The normalized spacial score (nSPS) is 11.2. The van der Waals surface area contributed by atoms with E-state index in [1.165, 1.54) is 64.7 Å². The Morgan fingerprint density at radius 3 is 1.48 bits per heavy atom. The summed E-state index contributed by atoms with van der Waals surface area (Å²) in [5, 5.41) is 2.61. The lowest BCUT2D eigenvalue weighted by Crippen LogP contribution is -2.11. The summed E-state index contributed by atoms with van der Waals surface area (Å²) in [6.45, 7) is 0. The molecule has 0 radical (unpaired) electrons. The van der Waals surface area contributed by atoms with E-state index in [-0.39, 0.29) is 0 Å². The molecule has 8 aromatic carbocycles. The predicted octanol–water partition coefficient (Wildman–Crippen LogP) is 14.2. The molecule has 0 bridgehead atoms. The van der Waals surface area contributed by atoms with Gasteiger partial charge in [-0.05, 0) is 75.8 Å². The van der Waals surface area contributed by atoms with Gasteiger partial charge in [0, 0.05) is 42.7 Å². The summed E-state index contributed by atoms with van der Waals surface area (Å²) in [6.07, 6.45) is 0. The molecule has 0 atom stereocenters. The van der Waals surface area contributed by atoms with Gasteiger partial charge in [0.2, 0.25) is 0 Å². The van der Waals surface area contributed by atoms with Crippen molar-refractivity contribution in [3.63, 3.8) is 0 Å². The minimum atomic E-state index is 1.10. The Bertz CT molecular complexity index is 2510. The molecule has 0 amide bonds. The fraction of sp³-hybridized carbons (Fsp3) is 0. The maximum absolute atomic E-state index is 2.44. The number of fused-ring (bicyclic) bond motifs is 3. The van der Waals surface area contributed by atoms with Crippen LogP contribution in [0.5, 0.6) is 0 Å². The first kappa shape index (κ1) is 29.9. The van der Waals surface area contributed by atoms with Gasteiger partial charge in [-0.1, -0.05) is 158 Å². The Balaban J connectivity index is 1.29. The van der Waals surface area contributed by atoms with Crippen LogP contribution in [0.2, 0.25) is 0 Å². The van der Waals surface area contributed by atoms with E-state index in [1.807, 2.05) is 11.3 Å². The summed E-state index contributed by atoms with van der Waals surface area (Å²) >= 11 is 1.88. The second-order valence-corrected chi connectivity index (χ2v) is 13.6. The number of benzene rings is 8. The van der Waals surface area contributed by atoms with Crippen LogP contribution in [0.25, 0.3) is 64.7 Å². The van der Waals surface area contributed by atoms with E-state index in [2.05, 4.69) is 205 Å². The van der Waals surface area contributed by atoms with Crippen LogP contribution in [0.1, 0.15) is 0 Å². The van der Waals surface area contributed by atoms with Crippen LogP contribution in [-0.2, 0) is 0 Å². The van der Waals surface area contributed by atoms with Crippen LogP contribution in [-0.4, -0.2) is 0 Å². The SMILES string of the molecule is c1ccc(-c2ccc(N(c3cc(-c4ccccc4)cc(-c4ccccc4)c3)c3ccccc3-c3cccc4c3sc3ccccc34)cc2)cc1. The average molecular weight is 656 g/mol. The highest BCUT2D eigenvalue weighted by molar-refractivity contribution is 7.26. The van der Waals surface area contributed by atoms with Crippen molar-refractivity contribution < 1.29 is 0 Å². The zero-order valence-corrected chi connectivity index (χ0v) is 28.2. The highest BCUT2D eigenvalue weighted by atomic mass is 32.1. The molecule has 236 valence electrons. The van der Waals surface area contributed by atoms with Crippen LogP contribution in [0, 0.1) is 0 Å². The third kappa shape index (κ3) is 5.56. The van der Waals surface area contributed by atoms with Gasteiger partial charge in [-0.2, -0.15) is 0 Å². The van der Waals surface area contributed by atoms with Crippen molar-refractivity contribution >= 4 is 48.6 Å². The maximum atomic E-state index is 2.44. The molecule has 9 rings (SSSR count). The van der Waals surface area contributed by atoms with Crippen LogP contribution in [0.4, 0.5) is 17.1 Å². The fourth-order valence-electron chi connectivity index (χ4n) is 7.05. The van der Waals surface area contributed by atoms with Gasteiger partial charge in [-0.15, -0.1) is 11.3 Å². The minimum Gasteiger partial charge on any atom is -0.310 e. The third-order valence-corrected chi connectivity index (χ3v) is 10.7. The molecule has 0 fully saturated rings. The lowest BCUT2D eigenvalue weighted by Gasteiger charge is -2.29. The van der Waals surface area contributed by atoms with Crippen molar-refractivity contribution in [3.8, 4) is 44.5 Å². The minimum absolute atomic E-state index is 1.10. The van der Waals surface area contributed by atoms with Crippen LogP contribution >= 0.6 is 11.3 Å². The van der Waals surface area contributed by atoms with E-state index in [9.17, 15) is 0 Å². The average Bonchev–Trinajstić information content (AvgIpc) is 3.59. The van der Waals surface area contributed by atoms with Gasteiger partial charge < -0.3 is 4.90 Å². The molecule has 1 heterocycles. The monoisotopic (exact) mass is 655 g/mol. The summed E-state index contributed by atoms with van der Waals surface area (Å²) in [4.78, 5) is 2.44. The van der Waals surface area contributed by atoms with Crippen molar-refractivity contribution in [2.75, 3.05) is 4.90 Å². The summed E-state index contributed by atoms with van der Waals surface area (Å²) in [7, 11) is 0. The number of anilines is 3. The summed E-state index contributed by atoms with van der Waals surface area (Å²) in [5.74, 6) is 0. The molecule has 0 aliphatic rings.